The van der Waals surface area contributed by atoms with E-state index >= 15 is 0 Å². The van der Waals surface area contributed by atoms with Gasteiger partial charge in [0.15, 0.2) is 0 Å². The van der Waals surface area contributed by atoms with Crippen LogP contribution in [0.3, 0.4) is 0 Å². The summed E-state index contributed by atoms with van der Waals surface area (Å²) in [4.78, 5) is 2.57. The Hall–Kier alpha value is -1.02. The van der Waals surface area contributed by atoms with Crippen molar-refractivity contribution < 1.29 is 5.11 Å². The molecule has 19 heavy (non-hydrogen) atoms. The van der Waals surface area contributed by atoms with Gasteiger partial charge in [-0.05, 0) is 61.6 Å². The standard InChI is InChI=1S/C17H25NO/c1-2-17(19)15-7-9-16(10-8-15)18(11-13-3-4-13)12-14-5-6-14/h7-10,13-14,17,19H,2-6,11-12H2,1H3/t17-/m0/s1. The van der Waals surface area contributed by atoms with Gasteiger partial charge in [0.05, 0.1) is 6.10 Å². The Labute approximate surface area is 116 Å². The minimum atomic E-state index is -0.311. The Morgan fingerprint density at radius 2 is 1.58 bits per heavy atom. The average molecular weight is 259 g/mol. The molecule has 0 unspecified atom stereocenters. The highest BCUT2D eigenvalue weighted by molar-refractivity contribution is 5.48. The SMILES string of the molecule is CC[C@H](O)c1ccc(N(CC2CC2)CC2CC2)cc1. The van der Waals surface area contributed by atoms with Gasteiger partial charge in [0.25, 0.3) is 0 Å². The van der Waals surface area contributed by atoms with Crippen LogP contribution in [-0.4, -0.2) is 18.2 Å². The van der Waals surface area contributed by atoms with Gasteiger partial charge in [-0.2, -0.15) is 0 Å². The lowest BCUT2D eigenvalue weighted by Gasteiger charge is -2.25. The molecule has 1 aromatic carbocycles. The smallest absolute Gasteiger partial charge is 0.0787 e. The third-order valence-corrected chi connectivity index (χ3v) is 4.38. The zero-order chi connectivity index (χ0) is 13.2. The van der Waals surface area contributed by atoms with Gasteiger partial charge < -0.3 is 10.0 Å². The molecule has 2 heteroatoms. The first kappa shape index (κ1) is 13.0. The van der Waals surface area contributed by atoms with Crippen LogP contribution in [0.25, 0.3) is 0 Å². The summed E-state index contributed by atoms with van der Waals surface area (Å²) in [6.07, 6.45) is 6.12. The minimum Gasteiger partial charge on any atom is -0.388 e. The number of hydrogen-bond donors (Lipinski definition) is 1. The van der Waals surface area contributed by atoms with Crippen molar-refractivity contribution in [2.75, 3.05) is 18.0 Å². The second-order valence-corrected chi connectivity index (χ2v) is 6.31. The Bertz CT molecular complexity index is 392. The van der Waals surface area contributed by atoms with E-state index in [2.05, 4.69) is 29.2 Å². The van der Waals surface area contributed by atoms with Crippen LogP contribution in [0.5, 0.6) is 0 Å². The van der Waals surface area contributed by atoms with Crippen LogP contribution in [0.1, 0.15) is 50.7 Å². The quantitative estimate of drug-likeness (QED) is 0.806. The number of aliphatic hydroxyl groups excluding tert-OH is 1. The van der Waals surface area contributed by atoms with Gasteiger partial charge in [-0.25, -0.2) is 0 Å². The highest BCUT2D eigenvalue weighted by Crippen LogP contribution is 2.36. The molecule has 1 atom stereocenters. The van der Waals surface area contributed by atoms with E-state index in [0.717, 1.165) is 23.8 Å². The molecule has 0 bridgehead atoms. The maximum Gasteiger partial charge on any atom is 0.0787 e. The predicted molar refractivity (Wildman–Crippen MR) is 79.4 cm³/mol. The van der Waals surface area contributed by atoms with Crippen LogP contribution in [0.2, 0.25) is 0 Å². The summed E-state index contributed by atoms with van der Waals surface area (Å²) >= 11 is 0. The van der Waals surface area contributed by atoms with Crippen LogP contribution in [0.4, 0.5) is 5.69 Å². The monoisotopic (exact) mass is 259 g/mol. The molecule has 0 amide bonds. The molecule has 0 heterocycles. The first-order valence-corrected chi connectivity index (χ1v) is 7.79. The Morgan fingerprint density at radius 3 is 2.00 bits per heavy atom. The lowest BCUT2D eigenvalue weighted by molar-refractivity contribution is 0.173. The summed E-state index contributed by atoms with van der Waals surface area (Å²) in [5, 5.41) is 9.86. The van der Waals surface area contributed by atoms with Crippen molar-refractivity contribution >= 4 is 5.69 Å². The van der Waals surface area contributed by atoms with E-state index < -0.39 is 0 Å². The fourth-order valence-electron chi connectivity index (χ4n) is 2.65. The lowest BCUT2D eigenvalue weighted by Crippen LogP contribution is -2.28. The summed E-state index contributed by atoms with van der Waals surface area (Å²) in [6.45, 7) is 4.48. The summed E-state index contributed by atoms with van der Waals surface area (Å²) < 4.78 is 0. The number of aliphatic hydroxyl groups is 1. The number of anilines is 1. The second kappa shape index (κ2) is 5.54. The van der Waals surface area contributed by atoms with Crippen LogP contribution < -0.4 is 4.90 Å². The zero-order valence-corrected chi connectivity index (χ0v) is 11.9. The molecular formula is C17H25NO. The molecule has 2 aliphatic rings. The number of benzene rings is 1. The van der Waals surface area contributed by atoms with E-state index in [-0.39, 0.29) is 6.10 Å². The first-order valence-electron chi connectivity index (χ1n) is 7.79. The van der Waals surface area contributed by atoms with Crippen molar-refractivity contribution in [1.29, 1.82) is 0 Å². The fraction of sp³-hybridized carbons (Fsp3) is 0.647. The maximum absolute atomic E-state index is 9.86. The zero-order valence-electron chi connectivity index (χ0n) is 11.9. The minimum absolute atomic E-state index is 0.311. The Morgan fingerprint density at radius 1 is 1.05 bits per heavy atom. The van der Waals surface area contributed by atoms with Crippen molar-refractivity contribution in [2.45, 2.75) is 45.1 Å². The van der Waals surface area contributed by atoms with Gasteiger partial charge in [-0.3, -0.25) is 0 Å². The van der Waals surface area contributed by atoms with Gasteiger partial charge in [-0.15, -0.1) is 0 Å². The van der Waals surface area contributed by atoms with Crippen molar-refractivity contribution in [2.24, 2.45) is 11.8 Å². The van der Waals surface area contributed by atoms with Crippen LogP contribution in [0.15, 0.2) is 24.3 Å². The molecule has 0 aliphatic heterocycles. The fourth-order valence-corrected chi connectivity index (χ4v) is 2.65. The van der Waals surface area contributed by atoms with Crippen molar-refractivity contribution in [3.05, 3.63) is 29.8 Å². The number of hydrogen-bond acceptors (Lipinski definition) is 2. The van der Waals surface area contributed by atoms with Gasteiger partial charge >= 0.3 is 0 Å². The Balaban J connectivity index is 1.68. The number of nitrogens with zero attached hydrogens (tertiary/aromatic N) is 1. The van der Waals surface area contributed by atoms with E-state index in [4.69, 9.17) is 0 Å². The largest absolute Gasteiger partial charge is 0.388 e. The second-order valence-electron chi connectivity index (χ2n) is 6.31. The molecule has 1 aromatic rings. The van der Waals surface area contributed by atoms with E-state index in [1.165, 1.54) is 44.5 Å². The van der Waals surface area contributed by atoms with Crippen LogP contribution in [-0.2, 0) is 0 Å². The summed E-state index contributed by atoms with van der Waals surface area (Å²) in [7, 11) is 0. The molecule has 0 radical (unpaired) electrons. The summed E-state index contributed by atoms with van der Waals surface area (Å²) in [5.41, 5.74) is 2.38. The highest BCUT2D eigenvalue weighted by Gasteiger charge is 2.29. The molecule has 0 aromatic heterocycles. The molecule has 3 rings (SSSR count). The van der Waals surface area contributed by atoms with E-state index in [1.54, 1.807) is 0 Å². The van der Waals surface area contributed by atoms with E-state index in [9.17, 15) is 5.11 Å². The van der Waals surface area contributed by atoms with Crippen molar-refractivity contribution in [3.8, 4) is 0 Å². The topological polar surface area (TPSA) is 23.5 Å². The highest BCUT2D eigenvalue weighted by atomic mass is 16.3. The molecule has 104 valence electrons. The van der Waals surface area contributed by atoms with Gasteiger partial charge in [-0.1, -0.05) is 19.1 Å². The molecule has 2 nitrogen and oxygen atoms in total. The molecule has 0 spiro atoms. The van der Waals surface area contributed by atoms with Crippen LogP contribution in [0, 0.1) is 11.8 Å². The van der Waals surface area contributed by atoms with E-state index in [0.29, 0.717) is 0 Å². The third-order valence-electron chi connectivity index (χ3n) is 4.38. The molecule has 1 N–H and O–H groups in total. The van der Waals surface area contributed by atoms with E-state index in [1.807, 2.05) is 6.92 Å². The maximum atomic E-state index is 9.86. The molecule has 0 saturated heterocycles. The van der Waals surface area contributed by atoms with Gasteiger partial charge in [0.2, 0.25) is 0 Å². The van der Waals surface area contributed by atoms with Crippen LogP contribution >= 0.6 is 0 Å². The predicted octanol–water partition coefficient (Wildman–Crippen LogP) is 3.76. The average Bonchev–Trinajstić information content (AvgIpc) is 3.32. The molecular weight excluding hydrogens is 234 g/mol. The normalized spacial score (nSPS) is 20.3. The summed E-state index contributed by atoms with van der Waals surface area (Å²) in [6, 6.07) is 8.57. The first-order chi connectivity index (χ1) is 9.26. The third kappa shape index (κ3) is 3.50. The number of rotatable bonds is 7. The van der Waals surface area contributed by atoms with Crippen molar-refractivity contribution in [1.82, 2.24) is 0 Å². The van der Waals surface area contributed by atoms with Gasteiger partial charge in [0, 0.05) is 18.8 Å². The van der Waals surface area contributed by atoms with Crippen molar-refractivity contribution in [3.63, 3.8) is 0 Å². The molecule has 2 fully saturated rings. The van der Waals surface area contributed by atoms with Gasteiger partial charge in [0.1, 0.15) is 0 Å². The lowest BCUT2D eigenvalue weighted by atomic mass is 10.1. The molecule has 2 saturated carbocycles. The summed E-state index contributed by atoms with van der Waals surface area (Å²) in [5.74, 6) is 1.86. The Kier molecular flexibility index (Phi) is 3.79. The molecule has 2 aliphatic carbocycles.